The maximum atomic E-state index is 12.3. The van der Waals surface area contributed by atoms with Gasteiger partial charge in [-0.25, -0.2) is 10.2 Å². The Bertz CT molecular complexity index is 596. The highest BCUT2D eigenvalue weighted by atomic mass is 79.9. The molecule has 1 aliphatic heterocycles. The molecule has 2 heterocycles. The molecule has 1 atom stereocenters. The van der Waals surface area contributed by atoms with Crippen LogP contribution in [0.25, 0.3) is 0 Å². The number of nitrogens with one attached hydrogen (secondary N) is 3. The molecule has 0 saturated carbocycles. The first kappa shape index (κ1) is 19.0. The topological polar surface area (TPSA) is 73.5 Å². The van der Waals surface area contributed by atoms with Crippen LogP contribution in [0.15, 0.2) is 15.9 Å². The Balaban J connectivity index is 1.64. The summed E-state index contributed by atoms with van der Waals surface area (Å²) in [5.74, 6) is -0.486. The molecule has 134 valence electrons. The zero-order valence-corrected chi connectivity index (χ0v) is 14.9. The number of alkyl halides is 3. The molecule has 3 N–H and O–H groups in total. The van der Waals surface area contributed by atoms with E-state index in [4.69, 9.17) is 0 Å². The van der Waals surface area contributed by atoms with Gasteiger partial charge in [0.25, 0.3) is 5.91 Å². The number of hydrogen-bond donors (Lipinski definition) is 3. The molecule has 1 fully saturated rings. The number of likely N-dealkylation sites (tertiary alicyclic amines) is 1. The summed E-state index contributed by atoms with van der Waals surface area (Å²) in [6.07, 6.45) is -3.62. The van der Waals surface area contributed by atoms with Crippen molar-refractivity contribution >= 4 is 39.2 Å². The Morgan fingerprint density at radius 1 is 1.33 bits per heavy atom. The summed E-state index contributed by atoms with van der Waals surface area (Å²) in [4.78, 5) is 25.1. The summed E-state index contributed by atoms with van der Waals surface area (Å²) >= 11 is 4.45. The predicted octanol–water partition coefficient (Wildman–Crippen LogP) is 2.34. The number of nitrogens with zero attached hydrogens (tertiary/aromatic N) is 1. The fourth-order valence-electron chi connectivity index (χ4n) is 2.37. The van der Waals surface area contributed by atoms with Crippen molar-refractivity contribution in [3.05, 3.63) is 20.8 Å². The van der Waals surface area contributed by atoms with Crippen molar-refractivity contribution in [1.82, 2.24) is 21.1 Å². The zero-order chi connectivity index (χ0) is 17.7. The number of carbonyl (C=O) groups excluding carboxylic acids is 2. The summed E-state index contributed by atoms with van der Waals surface area (Å²) in [5, 5.41) is 2.54. The van der Waals surface area contributed by atoms with Gasteiger partial charge in [-0.3, -0.25) is 15.1 Å². The molecule has 1 unspecified atom stereocenters. The average molecular weight is 429 g/mol. The van der Waals surface area contributed by atoms with E-state index in [9.17, 15) is 22.8 Å². The molecule has 11 heteroatoms. The van der Waals surface area contributed by atoms with E-state index in [1.807, 2.05) is 0 Å². The van der Waals surface area contributed by atoms with Gasteiger partial charge < -0.3 is 5.32 Å². The Morgan fingerprint density at radius 3 is 2.71 bits per heavy atom. The fraction of sp³-hybridized carbons (Fsp3) is 0.538. The molecule has 24 heavy (non-hydrogen) atoms. The van der Waals surface area contributed by atoms with Crippen molar-refractivity contribution in [3.8, 4) is 0 Å². The molecule has 2 rings (SSSR count). The average Bonchev–Trinajstić information content (AvgIpc) is 3.10. The summed E-state index contributed by atoms with van der Waals surface area (Å²) in [6, 6.07) is 2.72. The minimum atomic E-state index is -4.21. The number of amides is 3. The van der Waals surface area contributed by atoms with Crippen molar-refractivity contribution in [1.29, 1.82) is 0 Å². The Kier molecular flexibility index (Phi) is 6.47. The van der Waals surface area contributed by atoms with Crippen molar-refractivity contribution < 1.29 is 22.8 Å². The second kappa shape index (κ2) is 8.17. The summed E-state index contributed by atoms with van der Waals surface area (Å²) in [6.45, 7) is -0.0322. The maximum absolute atomic E-state index is 12.3. The van der Waals surface area contributed by atoms with Crippen molar-refractivity contribution in [2.24, 2.45) is 5.92 Å². The normalized spacial score (nSPS) is 18.4. The van der Waals surface area contributed by atoms with Crippen LogP contribution >= 0.6 is 27.3 Å². The Morgan fingerprint density at radius 2 is 2.08 bits per heavy atom. The molecule has 1 aliphatic rings. The third-order valence-corrected chi connectivity index (χ3v) is 5.03. The van der Waals surface area contributed by atoms with Crippen LogP contribution in [0.4, 0.5) is 18.0 Å². The van der Waals surface area contributed by atoms with Gasteiger partial charge in [-0.05, 0) is 46.9 Å². The van der Waals surface area contributed by atoms with E-state index in [1.54, 1.807) is 12.1 Å². The molecule has 0 bridgehead atoms. The monoisotopic (exact) mass is 428 g/mol. The first-order chi connectivity index (χ1) is 11.2. The molecule has 0 aromatic carbocycles. The molecule has 1 saturated heterocycles. The van der Waals surface area contributed by atoms with E-state index in [0.717, 1.165) is 3.79 Å². The van der Waals surface area contributed by atoms with Gasteiger partial charge in [0.1, 0.15) is 0 Å². The van der Waals surface area contributed by atoms with E-state index in [1.165, 1.54) is 16.2 Å². The molecular formula is C13H16BrF3N4O2S. The Hall–Kier alpha value is -1.33. The van der Waals surface area contributed by atoms with Crippen LogP contribution in [0.5, 0.6) is 0 Å². The predicted molar refractivity (Wildman–Crippen MR) is 86.6 cm³/mol. The van der Waals surface area contributed by atoms with Crippen LogP contribution in [-0.4, -0.2) is 49.2 Å². The highest BCUT2D eigenvalue weighted by Crippen LogP contribution is 2.22. The van der Waals surface area contributed by atoms with Gasteiger partial charge in [-0.15, -0.1) is 11.3 Å². The number of thiophene rings is 1. The molecule has 0 aliphatic carbocycles. The summed E-state index contributed by atoms with van der Waals surface area (Å²) in [5.41, 5.74) is 4.47. The lowest BCUT2D eigenvalue weighted by Crippen LogP contribution is -2.48. The number of carbonyl (C=O) groups is 2. The van der Waals surface area contributed by atoms with Gasteiger partial charge in [0.05, 0.1) is 15.2 Å². The minimum Gasteiger partial charge on any atom is -0.336 e. The van der Waals surface area contributed by atoms with Crippen LogP contribution in [-0.2, 0) is 0 Å². The summed E-state index contributed by atoms with van der Waals surface area (Å²) in [7, 11) is 0. The lowest BCUT2D eigenvalue weighted by atomic mass is 10.1. The molecule has 1 aromatic heterocycles. The van der Waals surface area contributed by atoms with E-state index >= 15 is 0 Å². The zero-order valence-electron chi connectivity index (χ0n) is 12.5. The SMILES string of the molecule is O=C(NCC1CCN(CC(F)(F)F)C1)NNC(=O)c1ccc(Br)s1. The number of urea groups is 1. The largest absolute Gasteiger partial charge is 0.401 e. The van der Waals surface area contributed by atoms with E-state index < -0.39 is 24.7 Å². The van der Waals surface area contributed by atoms with E-state index in [-0.39, 0.29) is 19.0 Å². The van der Waals surface area contributed by atoms with Gasteiger partial charge in [0, 0.05) is 13.1 Å². The van der Waals surface area contributed by atoms with Crippen LogP contribution in [0.1, 0.15) is 16.1 Å². The molecular weight excluding hydrogens is 413 g/mol. The molecule has 3 amide bonds. The third-order valence-electron chi connectivity index (χ3n) is 3.41. The van der Waals surface area contributed by atoms with Gasteiger partial charge in [0.15, 0.2) is 0 Å². The quantitative estimate of drug-likeness (QED) is 0.644. The van der Waals surface area contributed by atoms with Crippen molar-refractivity contribution in [2.75, 3.05) is 26.2 Å². The van der Waals surface area contributed by atoms with Gasteiger partial charge in [-0.2, -0.15) is 13.2 Å². The van der Waals surface area contributed by atoms with Crippen molar-refractivity contribution in [3.63, 3.8) is 0 Å². The minimum absolute atomic E-state index is 0.0398. The first-order valence-electron chi connectivity index (χ1n) is 7.11. The standard InChI is InChI=1S/C13H16BrF3N4O2S/c14-10-2-1-9(24-10)11(22)19-20-12(23)18-5-8-3-4-21(6-8)7-13(15,16)17/h1-2,8H,3-7H2,(H,19,22)(H2,18,20,23). The molecule has 0 radical (unpaired) electrons. The number of rotatable bonds is 4. The van der Waals surface area contributed by atoms with Crippen molar-refractivity contribution in [2.45, 2.75) is 12.6 Å². The number of halogens is 4. The molecule has 1 aromatic rings. The second-order valence-corrected chi connectivity index (χ2v) is 7.86. The highest BCUT2D eigenvalue weighted by Gasteiger charge is 2.34. The highest BCUT2D eigenvalue weighted by molar-refractivity contribution is 9.11. The van der Waals surface area contributed by atoms with Crippen LogP contribution in [0.2, 0.25) is 0 Å². The third kappa shape index (κ3) is 6.29. The van der Waals surface area contributed by atoms with Gasteiger partial charge in [-0.1, -0.05) is 0 Å². The van der Waals surface area contributed by atoms with Crippen LogP contribution in [0, 0.1) is 5.92 Å². The first-order valence-corrected chi connectivity index (χ1v) is 8.72. The maximum Gasteiger partial charge on any atom is 0.401 e. The van der Waals surface area contributed by atoms with Gasteiger partial charge in [0.2, 0.25) is 0 Å². The second-order valence-electron chi connectivity index (χ2n) is 5.40. The lowest BCUT2D eigenvalue weighted by Gasteiger charge is -2.18. The van der Waals surface area contributed by atoms with E-state index in [2.05, 4.69) is 32.1 Å². The molecule has 0 spiro atoms. The summed E-state index contributed by atoms with van der Waals surface area (Å²) < 4.78 is 37.7. The number of hydrazine groups is 1. The van der Waals surface area contributed by atoms with Gasteiger partial charge >= 0.3 is 12.2 Å². The molecule has 6 nitrogen and oxygen atoms in total. The van der Waals surface area contributed by atoms with E-state index in [0.29, 0.717) is 17.8 Å². The van der Waals surface area contributed by atoms with Crippen LogP contribution in [0.3, 0.4) is 0 Å². The van der Waals surface area contributed by atoms with Crippen LogP contribution < -0.4 is 16.2 Å². The fourth-order valence-corrected chi connectivity index (χ4v) is 3.65. The lowest BCUT2D eigenvalue weighted by molar-refractivity contribution is -0.143. The smallest absolute Gasteiger partial charge is 0.336 e. The Labute approximate surface area is 148 Å². The number of hydrogen-bond acceptors (Lipinski definition) is 4.